The highest BCUT2D eigenvalue weighted by atomic mass is 32.2. The maximum atomic E-state index is 11.3. The smallest absolute Gasteiger partial charge is 0.307 e. The Morgan fingerprint density at radius 3 is 3.00 bits per heavy atom. The molecule has 3 unspecified atom stereocenters. The summed E-state index contributed by atoms with van der Waals surface area (Å²) in [4.78, 5) is 19.4. The van der Waals surface area contributed by atoms with Gasteiger partial charge in [-0.05, 0) is 31.2 Å². The van der Waals surface area contributed by atoms with Crippen LogP contribution in [-0.2, 0) is 4.79 Å². The fourth-order valence-corrected chi connectivity index (χ4v) is 3.84. The van der Waals surface area contributed by atoms with Gasteiger partial charge in [-0.3, -0.25) is 4.79 Å². The first-order chi connectivity index (χ1) is 8.70. The van der Waals surface area contributed by atoms with Crippen molar-refractivity contribution in [1.82, 2.24) is 9.97 Å². The van der Waals surface area contributed by atoms with E-state index in [0.717, 1.165) is 30.7 Å². The number of carboxylic acid groups (broad SMARTS) is 1. The quantitative estimate of drug-likeness (QED) is 0.849. The van der Waals surface area contributed by atoms with Crippen LogP contribution < -0.4 is 0 Å². The van der Waals surface area contributed by atoms with Crippen molar-refractivity contribution in [2.45, 2.75) is 42.9 Å². The van der Waals surface area contributed by atoms with Gasteiger partial charge in [-0.1, -0.05) is 13.3 Å². The van der Waals surface area contributed by atoms with E-state index in [-0.39, 0.29) is 11.2 Å². The summed E-state index contributed by atoms with van der Waals surface area (Å²) >= 11 is 1.59. The highest BCUT2D eigenvalue weighted by molar-refractivity contribution is 7.99. The van der Waals surface area contributed by atoms with Crippen molar-refractivity contribution in [2.24, 2.45) is 11.8 Å². The third-order valence-corrected chi connectivity index (χ3v) is 4.93. The first kappa shape index (κ1) is 13.3. The van der Waals surface area contributed by atoms with Gasteiger partial charge in [0.1, 0.15) is 6.33 Å². The Morgan fingerprint density at radius 1 is 1.56 bits per heavy atom. The van der Waals surface area contributed by atoms with E-state index in [4.69, 9.17) is 0 Å². The first-order valence-electron chi connectivity index (χ1n) is 6.36. The summed E-state index contributed by atoms with van der Waals surface area (Å²) in [5, 5.41) is 10.3. The summed E-state index contributed by atoms with van der Waals surface area (Å²) in [5.74, 6) is -0.260. The molecule has 5 heteroatoms. The van der Waals surface area contributed by atoms with Crippen molar-refractivity contribution >= 4 is 17.7 Å². The lowest BCUT2D eigenvalue weighted by atomic mass is 9.80. The summed E-state index contributed by atoms with van der Waals surface area (Å²) < 4.78 is 0. The van der Waals surface area contributed by atoms with Crippen LogP contribution in [0.2, 0.25) is 0 Å². The molecule has 18 heavy (non-hydrogen) atoms. The largest absolute Gasteiger partial charge is 0.481 e. The first-order valence-corrected chi connectivity index (χ1v) is 7.24. The summed E-state index contributed by atoms with van der Waals surface area (Å²) in [7, 11) is 0. The van der Waals surface area contributed by atoms with E-state index in [1.807, 2.05) is 6.07 Å². The molecule has 1 aliphatic rings. The van der Waals surface area contributed by atoms with Crippen LogP contribution in [0.1, 0.15) is 32.6 Å². The monoisotopic (exact) mass is 266 g/mol. The predicted molar refractivity (Wildman–Crippen MR) is 70.4 cm³/mol. The zero-order chi connectivity index (χ0) is 13.0. The molecule has 1 aromatic heterocycles. The van der Waals surface area contributed by atoms with Crippen molar-refractivity contribution in [2.75, 3.05) is 0 Å². The highest BCUT2D eigenvalue weighted by Gasteiger charge is 2.35. The zero-order valence-electron chi connectivity index (χ0n) is 10.5. The van der Waals surface area contributed by atoms with Gasteiger partial charge in [0, 0.05) is 11.4 Å². The van der Waals surface area contributed by atoms with Crippen molar-refractivity contribution in [3.63, 3.8) is 0 Å². The molecule has 4 nitrogen and oxygen atoms in total. The second kappa shape index (κ2) is 6.18. The molecular weight excluding hydrogens is 248 g/mol. The van der Waals surface area contributed by atoms with Crippen molar-refractivity contribution in [3.8, 4) is 0 Å². The Morgan fingerprint density at radius 2 is 2.39 bits per heavy atom. The molecule has 1 aromatic rings. The van der Waals surface area contributed by atoms with Crippen LogP contribution in [0, 0.1) is 11.8 Å². The van der Waals surface area contributed by atoms with E-state index in [0.29, 0.717) is 5.92 Å². The summed E-state index contributed by atoms with van der Waals surface area (Å²) in [6.45, 7) is 2.18. The lowest BCUT2D eigenvalue weighted by Crippen LogP contribution is -2.32. The van der Waals surface area contributed by atoms with Gasteiger partial charge >= 0.3 is 5.97 Å². The van der Waals surface area contributed by atoms with Crippen LogP contribution in [0.3, 0.4) is 0 Å². The van der Waals surface area contributed by atoms with Gasteiger partial charge < -0.3 is 5.11 Å². The number of nitrogens with zero attached hydrogens (tertiary/aromatic N) is 2. The number of rotatable bonds is 4. The van der Waals surface area contributed by atoms with Crippen LogP contribution in [0.4, 0.5) is 0 Å². The number of hydrogen-bond acceptors (Lipinski definition) is 4. The highest BCUT2D eigenvalue weighted by Crippen LogP contribution is 2.40. The minimum absolute atomic E-state index is 0.135. The lowest BCUT2D eigenvalue weighted by molar-refractivity contribution is -0.142. The van der Waals surface area contributed by atoms with E-state index >= 15 is 0 Å². The Labute approximate surface area is 111 Å². The molecule has 0 amide bonds. The number of hydrogen-bond donors (Lipinski definition) is 1. The van der Waals surface area contributed by atoms with Crippen molar-refractivity contribution in [3.05, 3.63) is 18.6 Å². The second-order valence-electron chi connectivity index (χ2n) is 4.74. The van der Waals surface area contributed by atoms with E-state index in [1.54, 1.807) is 18.0 Å². The standard InChI is InChI=1S/C13H18N2O2S/c1-2-9-3-4-10(13(16)17)11(7-9)18-12-5-6-14-8-15-12/h5-6,8-11H,2-4,7H2,1H3,(H,16,17). The molecule has 2 rings (SSSR count). The van der Waals surface area contributed by atoms with Crippen LogP contribution in [0.15, 0.2) is 23.6 Å². The number of aromatic nitrogens is 2. The van der Waals surface area contributed by atoms with E-state index < -0.39 is 5.97 Å². The Bertz CT molecular complexity index is 399. The number of carboxylic acids is 1. The van der Waals surface area contributed by atoms with E-state index in [2.05, 4.69) is 16.9 Å². The molecule has 1 aliphatic carbocycles. The molecule has 1 N–H and O–H groups in total. The molecule has 0 aliphatic heterocycles. The average Bonchev–Trinajstić information content (AvgIpc) is 2.39. The normalized spacial score (nSPS) is 27.9. The van der Waals surface area contributed by atoms with Crippen LogP contribution in [-0.4, -0.2) is 26.3 Å². The number of thioether (sulfide) groups is 1. The van der Waals surface area contributed by atoms with Gasteiger partial charge in [0.15, 0.2) is 0 Å². The van der Waals surface area contributed by atoms with Crippen LogP contribution >= 0.6 is 11.8 Å². The Balaban J connectivity index is 2.07. The van der Waals surface area contributed by atoms with Crippen molar-refractivity contribution < 1.29 is 9.90 Å². The lowest BCUT2D eigenvalue weighted by Gasteiger charge is -2.32. The van der Waals surface area contributed by atoms with Crippen molar-refractivity contribution in [1.29, 1.82) is 0 Å². The third-order valence-electron chi connectivity index (χ3n) is 3.62. The SMILES string of the molecule is CCC1CCC(C(=O)O)C(Sc2ccncn2)C1. The minimum Gasteiger partial charge on any atom is -0.481 e. The van der Waals surface area contributed by atoms with Gasteiger partial charge in [0.2, 0.25) is 0 Å². The van der Waals surface area contributed by atoms with Gasteiger partial charge in [-0.15, -0.1) is 11.8 Å². The maximum Gasteiger partial charge on any atom is 0.307 e. The third kappa shape index (κ3) is 3.22. The summed E-state index contributed by atoms with van der Waals surface area (Å²) in [5.41, 5.74) is 0. The fourth-order valence-electron chi connectivity index (χ4n) is 2.50. The molecule has 1 saturated carbocycles. The number of carbonyl (C=O) groups is 1. The molecular formula is C13H18N2O2S. The Kier molecular flexibility index (Phi) is 4.58. The maximum absolute atomic E-state index is 11.3. The zero-order valence-corrected chi connectivity index (χ0v) is 11.3. The average molecular weight is 266 g/mol. The van der Waals surface area contributed by atoms with Crippen LogP contribution in [0.5, 0.6) is 0 Å². The van der Waals surface area contributed by atoms with Gasteiger partial charge in [-0.2, -0.15) is 0 Å². The Hall–Kier alpha value is -1.10. The van der Waals surface area contributed by atoms with Gasteiger partial charge in [0.25, 0.3) is 0 Å². The minimum atomic E-state index is -0.670. The molecule has 1 fully saturated rings. The predicted octanol–water partition coefficient (Wildman–Crippen LogP) is 2.85. The molecule has 0 spiro atoms. The topological polar surface area (TPSA) is 63.1 Å². The molecule has 0 saturated heterocycles. The van der Waals surface area contributed by atoms with Crippen LogP contribution in [0.25, 0.3) is 0 Å². The number of aliphatic carboxylic acids is 1. The summed E-state index contributed by atoms with van der Waals surface area (Å²) in [6.07, 6.45) is 7.14. The fraction of sp³-hybridized carbons (Fsp3) is 0.615. The second-order valence-corrected chi connectivity index (χ2v) is 6.00. The van der Waals surface area contributed by atoms with Gasteiger partial charge in [0.05, 0.1) is 10.9 Å². The molecule has 0 radical (unpaired) electrons. The molecule has 1 heterocycles. The van der Waals surface area contributed by atoms with Gasteiger partial charge in [-0.25, -0.2) is 9.97 Å². The summed E-state index contributed by atoms with van der Waals surface area (Å²) in [6, 6.07) is 1.85. The molecule has 0 aromatic carbocycles. The van der Waals surface area contributed by atoms with E-state index in [9.17, 15) is 9.90 Å². The molecule has 98 valence electrons. The molecule has 0 bridgehead atoms. The van der Waals surface area contributed by atoms with E-state index in [1.165, 1.54) is 6.33 Å². The molecule has 3 atom stereocenters.